The maximum absolute atomic E-state index is 11.8. The molecule has 5 heteroatoms. The maximum Gasteiger partial charge on any atom is 0.328 e. The van der Waals surface area contributed by atoms with Gasteiger partial charge in [0, 0.05) is 18.3 Å². The van der Waals surface area contributed by atoms with Crippen molar-refractivity contribution in [2.24, 2.45) is 0 Å². The van der Waals surface area contributed by atoms with Crippen LogP contribution in [0.3, 0.4) is 0 Å². The van der Waals surface area contributed by atoms with Gasteiger partial charge in [0.1, 0.15) is 6.04 Å². The van der Waals surface area contributed by atoms with Gasteiger partial charge in [-0.3, -0.25) is 4.79 Å². The fourth-order valence-corrected chi connectivity index (χ4v) is 2.28. The first-order valence-electron chi connectivity index (χ1n) is 5.72. The molecule has 0 aromatic carbocycles. The topological polar surface area (TPSA) is 46.6 Å². The average Bonchev–Trinajstić information content (AvgIpc) is 2.30. The molecule has 1 fully saturated rings. The van der Waals surface area contributed by atoms with Crippen molar-refractivity contribution in [3.05, 3.63) is 0 Å². The number of hydrogen-bond acceptors (Lipinski definition) is 3. The lowest BCUT2D eigenvalue weighted by atomic mass is 10.0. The van der Waals surface area contributed by atoms with Gasteiger partial charge in [-0.2, -0.15) is 0 Å². The van der Waals surface area contributed by atoms with Crippen LogP contribution < -0.4 is 0 Å². The molecule has 0 aromatic heterocycles. The normalized spacial score (nSPS) is 20.6. The molecule has 4 nitrogen and oxygen atoms in total. The van der Waals surface area contributed by atoms with Crippen molar-refractivity contribution in [1.29, 1.82) is 0 Å². The van der Waals surface area contributed by atoms with Gasteiger partial charge < -0.3 is 9.64 Å². The number of alkyl halides is 1. The average molecular weight is 292 g/mol. The summed E-state index contributed by atoms with van der Waals surface area (Å²) in [6.45, 7) is 2.83. The van der Waals surface area contributed by atoms with E-state index in [0.29, 0.717) is 24.9 Å². The third-order valence-corrected chi connectivity index (χ3v) is 3.09. The zero-order chi connectivity index (χ0) is 12.0. The van der Waals surface area contributed by atoms with Crippen molar-refractivity contribution >= 4 is 27.8 Å². The fourth-order valence-electron chi connectivity index (χ4n) is 1.94. The summed E-state index contributed by atoms with van der Waals surface area (Å²) in [7, 11) is 0. The van der Waals surface area contributed by atoms with E-state index in [-0.39, 0.29) is 17.9 Å². The molecule has 1 aliphatic rings. The third-order valence-electron chi connectivity index (χ3n) is 2.69. The van der Waals surface area contributed by atoms with Crippen LogP contribution in [0.5, 0.6) is 0 Å². The van der Waals surface area contributed by atoms with Crippen LogP contribution in [0.4, 0.5) is 0 Å². The summed E-state index contributed by atoms with van der Waals surface area (Å²) in [5.41, 5.74) is 0. The molecular formula is C11H18BrNO3. The Bertz CT molecular complexity index is 232. The molecule has 0 saturated carbocycles. The van der Waals surface area contributed by atoms with Gasteiger partial charge in [-0.05, 0) is 26.2 Å². The highest BCUT2D eigenvalue weighted by Crippen LogP contribution is 2.19. The van der Waals surface area contributed by atoms with Crippen LogP contribution in [0.2, 0.25) is 0 Å². The van der Waals surface area contributed by atoms with Crippen molar-refractivity contribution in [2.75, 3.05) is 18.5 Å². The van der Waals surface area contributed by atoms with Crippen LogP contribution in [0, 0.1) is 0 Å². The van der Waals surface area contributed by atoms with Gasteiger partial charge >= 0.3 is 5.97 Å². The molecule has 1 unspecified atom stereocenters. The first kappa shape index (κ1) is 13.5. The largest absolute Gasteiger partial charge is 0.464 e. The van der Waals surface area contributed by atoms with E-state index < -0.39 is 0 Å². The second-order valence-electron chi connectivity index (χ2n) is 3.79. The highest BCUT2D eigenvalue weighted by Gasteiger charge is 2.32. The van der Waals surface area contributed by atoms with Gasteiger partial charge in [-0.25, -0.2) is 4.79 Å². The standard InChI is InChI=1S/C11H18BrNO3/c1-2-16-11(15)9-5-3-4-8-13(9)10(14)6-7-12/h9H,2-8H2,1H3. The van der Waals surface area contributed by atoms with Gasteiger partial charge in [0.05, 0.1) is 6.61 Å². The lowest BCUT2D eigenvalue weighted by molar-refractivity contribution is -0.156. The van der Waals surface area contributed by atoms with E-state index in [1.165, 1.54) is 0 Å². The molecule has 92 valence electrons. The number of esters is 1. The van der Waals surface area contributed by atoms with Crippen molar-refractivity contribution in [3.8, 4) is 0 Å². The van der Waals surface area contributed by atoms with Crippen LogP contribution in [0.1, 0.15) is 32.6 Å². The second-order valence-corrected chi connectivity index (χ2v) is 4.58. The van der Waals surface area contributed by atoms with E-state index in [4.69, 9.17) is 4.74 Å². The summed E-state index contributed by atoms with van der Waals surface area (Å²) in [5, 5.41) is 0.637. The van der Waals surface area contributed by atoms with Crippen molar-refractivity contribution in [3.63, 3.8) is 0 Å². The SMILES string of the molecule is CCOC(=O)C1CCCCN1C(=O)CCBr. The number of piperidine rings is 1. The Morgan fingerprint density at radius 2 is 2.19 bits per heavy atom. The molecule has 16 heavy (non-hydrogen) atoms. The predicted octanol–water partition coefficient (Wildman–Crippen LogP) is 1.72. The molecule has 0 aliphatic carbocycles. The van der Waals surface area contributed by atoms with Crippen LogP contribution >= 0.6 is 15.9 Å². The van der Waals surface area contributed by atoms with Gasteiger partial charge in [0.2, 0.25) is 5.91 Å². The first-order valence-corrected chi connectivity index (χ1v) is 6.85. The Hall–Kier alpha value is -0.580. The lowest BCUT2D eigenvalue weighted by Gasteiger charge is -2.33. The van der Waals surface area contributed by atoms with Gasteiger partial charge in [0.25, 0.3) is 0 Å². The number of likely N-dealkylation sites (tertiary alicyclic amines) is 1. The van der Waals surface area contributed by atoms with Crippen molar-refractivity contribution < 1.29 is 14.3 Å². The van der Waals surface area contributed by atoms with E-state index in [9.17, 15) is 9.59 Å². The minimum atomic E-state index is -0.361. The van der Waals surface area contributed by atoms with Gasteiger partial charge in [0.15, 0.2) is 0 Å². The zero-order valence-electron chi connectivity index (χ0n) is 9.58. The number of rotatable bonds is 4. The summed E-state index contributed by atoms with van der Waals surface area (Å²) in [6.07, 6.45) is 3.13. The number of carbonyl (C=O) groups is 2. The smallest absolute Gasteiger partial charge is 0.328 e. The Labute approximate surface area is 104 Å². The number of ether oxygens (including phenoxy) is 1. The quantitative estimate of drug-likeness (QED) is 0.585. The Balaban J connectivity index is 2.63. The third kappa shape index (κ3) is 3.47. The van der Waals surface area contributed by atoms with Crippen LogP contribution in [0.15, 0.2) is 0 Å². The molecule has 0 spiro atoms. The molecule has 1 aliphatic heterocycles. The highest BCUT2D eigenvalue weighted by molar-refractivity contribution is 9.09. The highest BCUT2D eigenvalue weighted by atomic mass is 79.9. The molecule has 0 radical (unpaired) electrons. The van der Waals surface area contributed by atoms with E-state index in [0.717, 1.165) is 19.3 Å². The number of amides is 1. The lowest BCUT2D eigenvalue weighted by Crippen LogP contribution is -2.48. The number of carbonyl (C=O) groups excluding carboxylic acids is 2. The Morgan fingerprint density at radius 3 is 2.81 bits per heavy atom. The van der Waals surface area contributed by atoms with Crippen molar-refractivity contribution in [2.45, 2.75) is 38.6 Å². The fraction of sp³-hybridized carbons (Fsp3) is 0.818. The van der Waals surface area contributed by atoms with Crippen LogP contribution in [-0.4, -0.2) is 41.3 Å². The molecule has 0 aromatic rings. The summed E-state index contributed by atoms with van der Waals surface area (Å²) >= 11 is 3.24. The molecule has 0 N–H and O–H groups in total. The van der Waals surface area contributed by atoms with Gasteiger partial charge in [-0.15, -0.1) is 0 Å². The molecule has 1 atom stereocenters. The minimum Gasteiger partial charge on any atom is -0.464 e. The Kier molecular flexibility index (Phi) is 5.80. The molecule has 0 bridgehead atoms. The van der Waals surface area contributed by atoms with Crippen LogP contribution in [0.25, 0.3) is 0 Å². The van der Waals surface area contributed by atoms with Gasteiger partial charge in [-0.1, -0.05) is 15.9 Å². The second kappa shape index (κ2) is 6.89. The van der Waals surface area contributed by atoms with Crippen molar-refractivity contribution in [1.82, 2.24) is 4.90 Å². The van der Waals surface area contributed by atoms with E-state index >= 15 is 0 Å². The van der Waals surface area contributed by atoms with E-state index in [2.05, 4.69) is 15.9 Å². The van der Waals surface area contributed by atoms with Crippen LogP contribution in [-0.2, 0) is 14.3 Å². The molecule has 1 saturated heterocycles. The first-order chi connectivity index (χ1) is 7.70. The molecular weight excluding hydrogens is 274 g/mol. The molecule has 1 rings (SSSR count). The number of nitrogens with zero attached hydrogens (tertiary/aromatic N) is 1. The summed E-state index contributed by atoms with van der Waals surface area (Å²) in [6, 6.07) is -0.361. The summed E-state index contributed by atoms with van der Waals surface area (Å²) < 4.78 is 5.00. The number of hydrogen-bond donors (Lipinski definition) is 0. The van der Waals surface area contributed by atoms with E-state index in [1.54, 1.807) is 11.8 Å². The molecule has 1 heterocycles. The number of halogens is 1. The summed E-state index contributed by atoms with van der Waals surface area (Å²) in [4.78, 5) is 25.2. The maximum atomic E-state index is 11.8. The minimum absolute atomic E-state index is 0.0367. The monoisotopic (exact) mass is 291 g/mol. The predicted molar refractivity (Wildman–Crippen MR) is 64.4 cm³/mol. The van der Waals surface area contributed by atoms with E-state index in [1.807, 2.05) is 0 Å². The summed E-state index contributed by atoms with van der Waals surface area (Å²) in [5.74, 6) is -0.222. The molecule has 1 amide bonds. The Morgan fingerprint density at radius 1 is 1.44 bits per heavy atom. The zero-order valence-corrected chi connectivity index (χ0v) is 11.2.